The van der Waals surface area contributed by atoms with E-state index in [0.29, 0.717) is 5.56 Å². The summed E-state index contributed by atoms with van der Waals surface area (Å²) in [6, 6.07) is 7.38. The highest BCUT2D eigenvalue weighted by molar-refractivity contribution is 5.65. The van der Waals surface area contributed by atoms with E-state index in [1.54, 1.807) is 30.3 Å². The maximum absolute atomic E-state index is 12.2. The molecule has 0 spiro atoms. The molecule has 2 saturated heterocycles. The topological polar surface area (TPSA) is 239 Å². The molecule has 2 fully saturated rings. The molecular formula is C23H35NO14. The van der Waals surface area contributed by atoms with Crippen molar-refractivity contribution in [3.63, 3.8) is 0 Å². The number of amides is 1. The molecule has 2 aliphatic heterocycles. The summed E-state index contributed by atoms with van der Waals surface area (Å²) in [5.41, 5.74) is 0.612. The normalized spacial score (nSPS) is 35.8. The minimum absolute atomic E-state index is 0.128. The molecule has 1 amide bonds. The fourth-order valence-corrected chi connectivity index (χ4v) is 4.18. The Bertz CT molecular complexity index is 820. The van der Waals surface area contributed by atoms with Crippen molar-refractivity contribution in [3.05, 3.63) is 35.9 Å². The fourth-order valence-electron chi connectivity index (χ4n) is 4.18. The number of carboxylic acid groups (broad SMARTS) is 1. The molecule has 9 N–H and O–H groups in total. The second-order valence-electron chi connectivity index (χ2n) is 9.11. The molecule has 0 radical (unpaired) electrons. The van der Waals surface area contributed by atoms with Gasteiger partial charge < -0.3 is 64.9 Å². The molecule has 38 heavy (non-hydrogen) atoms. The Morgan fingerprint density at radius 2 is 1.21 bits per heavy atom. The number of carbonyl (C=O) groups is 1. The first-order valence-corrected chi connectivity index (χ1v) is 12.0. The Hall–Kier alpha value is -1.99. The average molecular weight is 550 g/mol. The van der Waals surface area contributed by atoms with Crippen molar-refractivity contribution >= 4 is 6.09 Å². The fraction of sp³-hybridized carbons (Fsp3) is 0.696. The molecule has 0 aliphatic carbocycles. The summed E-state index contributed by atoms with van der Waals surface area (Å²) < 4.78 is 21.7. The number of ether oxygens (including phenoxy) is 4. The standard InChI is InChI=1S/C23H35NO14/c25-7-13-15(27)17(29)19(31)21(37-13)35-9-12(24(23(33)34)6-11-4-2-1-3-5-11)10-36-22-20(32)18(30)16(28)14(8-26)38-22/h1-5,12-22,25-32H,6-10H2,(H,33,34)/t13-,14-,15-,16-,17+,18+,19+,20+,21+,22+/m1/s1. The van der Waals surface area contributed by atoms with Gasteiger partial charge in [0.1, 0.15) is 48.8 Å². The number of nitrogens with zero attached hydrogens (tertiary/aromatic N) is 1. The zero-order valence-electron chi connectivity index (χ0n) is 20.3. The lowest BCUT2D eigenvalue weighted by molar-refractivity contribution is -0.311. The van der Waals surface area contributed by atoms with Crippen molar-refractivity contribution in [1.29, 1.82) is 0 Å². The third-order valence-corrected chi connectivity index (χ3v) is 6.48. The Balaban J connectivity index is 1.77. The molecule has 3 rings (SSSR count). The minimum atomic E-state index is -1.73. The highest BCUT2D eigenvalue weighted by Gasteiger charge is 2.46. The van der Waals surface area contributed by atoms with Crippen LogP contribution in [0.15, 0.2) is 30.3 Å². The lowest BCUT2D eigenvalue weighted by atomic mass is 9.99. The van der Waals surface area contributed by atoms with E-state index in [2.05, 4.69) is 0 Å². The van der Waals surface area contributed by atoms with Crippen molar-refractivity contribution in [2.45, 2.75) is 74.0 Å². The van der Waals surface area contributed by atoms with Crippen molar-refractivity contribution in [2.24, 2.45) is 0 Å². The van der Waals surface area contributed by atoms with E-state index in [9.17, 15) is 50.8 Å². The Morgan fingerprint density at radius 1 is 0.763 bits per heavy atom. The Kier molecular flexibility index (Phi) is 11.2. The molecule has 15 heteroatoms. The molecule has 2 aliphatic rings. The summed E-state index contributed by atoms with van der Waals surface area (Å²) in [5, 5.41) is 89.2. The van der Waals surface area contributed by atoms with Crippen LogP contribution in [0.5, 0.6) is 0 Å². The van der Waals surface area contributed by atoms with Crippen molar-refractivity contribution < 1.29 is 69.7 Å². The van der Waals surface area contributed by atoms with Gasteiger partial charge in [0.25, 0.3) is 0 Å². The largest absolute Gasteiger partial charge is 0.465 e. The van der Waals surface area contributed by atoms with Crippen LogP contribution in [0.2, 0.25) is 0 Å². The van der Waals surface area contributed by atoms with Gasteiger partial charge in [-0.25, -0.2) is 4.79 Å². The highest BCUT2D eigenvalue weighted by Crippen LogP contribution is 2.25. The third kappa shape index (κ3) is 7.15. The van der Waals surface area contributed by atoms with Crippen LogP contribution in [0.4, 0.5) is 4.79 Å². The Morgan fingerprint density at radius 3 is 1.61 bits per heavy atom. The van der Waals surface area contributed by atoms with Gasteiger partial charge in [-0.15, -0.1) is 0 Å². The summed E-state index contributed by atoms with van der Waals surface area (Å²) in [7, 11) is 0. The van der Waals surface area contributed by atoms with Crippen LogP contribution < -0.4 is 0 Å². The minimum Gasteiger partial charge on any atom is -0.465 e. The second kappa shape index (κ2) is 13.9. The van der Waals surface area contributed by atoms with E-state index in [-0.39, 0.29) is 6.54 Å². The number of rotatable bonds is 11. The van der Waals surface area contributed by atoms with E-state index >= 15 is 0 Å². The summed E-state index contributed by atoms with van der Waals surface area (Å²) in [4.78, 5) is 13.2. The van der Waals surface area contributed by atoms with E-state index in [1.807, 2.05) is 0 Å². The number of benzene rings is 1. The lowest BCUT2D eigenvalue weighted by Crippen LogP contribution is -2.60. The second-order valence-corrected chi connectivity index (χ2v) is 9.11. The summed E-state index contributed by atoms with van der Waals surface area (Å²) in [5.74, 6) is 0. The predicted octanol–water partition coefficient (Wildman–Crippen LogP) is -3.83. The van der Waals surface area contributed by atoms with Crippen LogP contribution in [-0.2, 0) is 25.5 Å². The molecule has 1 aromatic carbocycles. The quantitative estimate of drug-likeness (QED) is 0.129. The van der Waals surface area contributed by atoms with Gasteiger partial charge in [0.15, 0.2) is 12.6 Å². The smallest absolute Gasteiger partial charge is 0.408 e. The molecule has 0 unspecified atom stereocenters. The van der Waals surface area contributed by atoms with Crippen LogP contribution in [-0.4, -0.2) is 151 Å². The maximum Gasteiger partial charge on any atom is 0.408 e. The van der Waals surface area contributed by atoms with Gasteiger partial charge in [0.05, 0.1) is 32.5 Å². The summed E-state index contributed by atoms with van der Waals surface area (Å²) in [6.07, 6.45) is -17.1. The SMILES string of the molecule is O=C(O)N(Cc1ccccc1)C(CO[C@H]1O[C@H](CO)[C@@H](O)[C@H](O)[C@@H]1O)CO[C@H]1O[C@H](CO)[C@@H](O)[C@H](O)[C@@H]1O. The van der Waals surface area contributed by atoms with E-state index in [1.165, 1.54) is 0 Å². The zero-order valence-corrected chi connectivity index (χ0v) is 20.3. The van der Waals surface area contributed by atoms with E-state index in [4.69, 9.17) is 18.9 Å². The number of hydrogen-bond donors (Lipinski definition) is 9. The number of aliphatic hydroxyl groups excluding tert-OH is 8. The molecule has 10 atom stereocenters. The van der Waals surface area contributed by atoms with Gasteiger partial charge in [-0.1, -0.05) is 30.3 Å². The van der Waals surface area contributed by atoms with Gasteiger partial charge in [0, 0.05) is 6.54 Å². The summed E-state index contributed by atoms with van der Waals surface area (Å²) in [6.45, 7) is -2.48. The molecule has 15 nitrogen and oxygen atoms in total. The number of hydrogen-bond acceptors (Lipinski definition) is 13. The van der Waals surface area contributed by atoms with Gasteiger partial charge in [0.2, 0.25) is 0 Å². The monoisotopic (exact) mass is 549 g/mol. The first-order chi connectivity index (χ1) is 18.1. The lowest BCUT2D eigenvalue weighted by Gasteiger charge is -2.41. The van der Waals surface area contributed by atoms with Crippen LogP contribution in [0.25, 0.3) is 0 Å². The first kappa shape index (κ1) is 30.6. The average Bonchev–Trinajstić information content (AvgIpc) is 2.92. The molecular weight excluding hydrogens is 514 g/mol. The predicted molar refractivity (Wildman–Crippen MR) is 123 cm³/mol. The zero-order chi connectivity index (χ0) is 28.0. The molecule has 0 saturated carbocycles. The molecule has 0 aromatic heterocycles. The third-order valence-electron chi connectivity index (χ3n) is 6.48. The summed E-state index contributed by atoms with van der Waals surface area (Å²) >= 11 is 0. The van der Waals surface area contributed by atoms with Crippen molar-refractivity contribution in [3.8, 4) is 0 Å². The molecule has 216 valence electrons. The van der Waals surface area contributed by atoms with E-state index in [0.717, 1.165) is 4.90 Å². The van der Waals surface area contributed by atoms with Gasteiger partial charge in [-0.05, 0) is 5.56 Å². The van der Waals surface area contributed by atoms with Crippen molar-refractivity contribution in [2.75, 3.05) is 26.4 Å². The Labute approximate surface area is 217 Å². The van der Waals surface area contributed by atoms with Crippen LogP contribution in [0.1, 0.15) is 5.56 Å². The molecule has 0 bridgehead atoms. The van der Waals surface area contributed by atoms with Crippen LogP contribution in [0, 0.1) is 0 Å². The molecule has 2 heterocycles. The van der Waals surface area contributed by atoms with Crippen molar-refractivity contribution in [1.82, 2.24) is 4.90 Å². The maximum atomic E-state index is 12.2. The van der Waals surface area contributed by atoms with Gasteiger partial charge in [-0.2, -0.15) is 0 Å². The van der Waals surface area contributed by atoms with E-state index < -0.39 is 100.0 Å². The molecule has 1 aromatic rings. The highest BCUT2D eigenvalue weighted by atomic mass is 16.7. The van der Waals surface area contributed by atoms with Crippen LogP contribution in [0.3, 0.4) is 0 Å². The van der Waals surface area contributed by atoms with Gasteiger partial charge >= 0.3 is 6.09 Å². The van der Waals surface area contributed by atoms with Gasteiger partial charge in [-0.3, -0.25) is 4.90 Å². The first-order valence-electron chi connectivity index (χ1n) is 12.0. The van der Waals surface area contributed by atoms with Crippen LogP contribution >= 0.6 is 0 Å². The number of aliphatic hydroxyl groups is 8.